The summed E-state index contributed by atoms with van der Waals surface area (Å²) in [5.41, 5.74) is 1.24. The molecule has 1 N–H and O–H groups in total. The molecule has 12 heteroatoms. The molecule has 0 fully saturated rings. The second-order valence-electron chi connectivity index (χ2n) is 8.63. The second kappa shape index (κ2) is 11.8. The van der Waals surface area contributed by atoms with Gasteiger partial charge in [0.2, 0.25) is 0 Å². The lowest BCUT2D eigenvalue weighted by Crippen LogP contribution is -2.32. The van der Waals surface area contributed by atoms with Crippen molar-refractivity contribution in [3.05, 3.63) is 100 Å². The van der Waals surface area contributed by atoms with Gasteiger partial charge < -0.3 is 24.3 Å². The fourth-order valence-corrected chi connectivity index (χ4v) is 4.08. The summed E-state index contributed by atoms with van der Waals surface area (Å²) in [5, 5.41) is 6.85. The van der Waals surface area contributed by atoms with Crippen LogP contribution in [0.3, 0.4) is 0 Å². The number of carbonyl (C=O) groups excluding carboxylic acids is 1. The minimum absolute atomic E-state index is 0.00733. The molecule has 0 aliphatic carbocycles. The van der Waals surface area contributed by atoms with Crippen molar-refractivity contribution < 1.29 is 28.1 Å². The van der Waals surface area contributed by atoms with E-state index in [1.807, 2.05) is 0 Å². The van der Waals surface area contributed by atoms with Crippen molar-refractivity contribution in [3.63, 3.8) is 0 Å². The first kappa shape index (κ1) is 27.2. The first-order valence-electron chi connectivity index (χ1n) is 12.2. The lowest BCUT2D eigenvalue weighted by molar-refractivity contribution is 0.101. The summed E-state index contributed by atoms with van der Waals surface area (Å²) in [6, 6.07) is 15.1. The molecule has 0 saturated heterocycles. The van der Waals surface area contributed by atoms with Crippen LogP contribution in [0.1, 0.15) is 15.9 Å². The van der Waals surface area contributed by atoms with Crippen LogP contribution < -0.4 is 25.1 Å². The Morgan fingerprint density at radius 3 is 2.41 bits per heavy atom. The fraction of sp³-hybridized carbons (Fsp3) is 0.138. The third kappa shape index (κ3) is 5.68. The molecule has 0 aliphatic heterocycles. The number of anilines is 1. The lowest BCUT2D eigenvalue weighted by Gasteiger charge is -2.13. The lowest BCUT2D eigenvalue weighted by atomic mass is 10.1. The normalized spacial score (nSPS) is 10.8. The van der Waals surface area contributed by atoms with Crippen molar-refractivity contribution in [2.75, 3.05) is 26.6 Å². The van der Waals surface area contributed by atoms with Crippen LogP contribution in [0.4, 0.5) is 10.1 Å². The summed E-state index contributed by atoms with van der Waals surface area (Å²) in [4.78, 5) is 35.3. The average Bonchev–Trinajstić information content (AvgIpc) is 2.98. The molecule has 0 spiro atoms. The largest absolute Gasteiger partial charge is 0.491 e. The molecule has 5 rings (SSSR count). The number of fused-ring (bicyclic) bond motifs is 1. The molecular weight excluding hydrogens is 533 g/mol. The number of halogens is 1. The molecule has 0 unspecified atom stereocenters. The number of nitrogens with zero attached hydrogens (tertiary/aromatic N) is 4. The van der Waals surface area contributed by atoms with E-state index in [9.17, 15) is 14.0 Å². The fourth-order valence-electron chi connectivity index (χ4n) is 4.08. The maximum atomic E-state index is 13.4. The van der Waals surface area contributed by atoms with E-state index >= 15 is 0 Å². The number of hydrogen-bond donors (Lipinski definition) is 1. The molecule has 0 radical (unpaired) electrons. The van der Waals surface area contributed by atoms with Gasteiger partial charge >= 0.3 is 0 Å². The molecule has 1 amide bonds. The zero-order valence-electron chi connectivity index (χ0n) is 22.3. The zero-order chi connectivity index (χ0) is 28.9. The number of aromatic nitrogens is 4. The van der Waals surface area contributed by atoms with E-state index in [1.54, 1.807) is 42.6 Å². The van der Waals surface area contributed by atoms with Gasteiger partial charge in [-0.1, -0.05) is 0 Å². The number of benzene rings is 2. The van der Waals surface area contributed by atoms with Crippen LogP contribution in [-0.4, -0.2) is 47.0 Å². The summed E-state index contributed by atoms with van der Waals surface area (Å²) in [7, 11) is 4.45. The molecule has 208 valence electrons. The predicted octanol–water partition coefficient (Wildman–Crippen LogP) is 4.52. The maximum Gasteiger partial charge on any atom is 0.284 e. The van der Waals surface area contributed by atoms with Crippen LogP contribution in [-0.2, 0) is 11.3 Å². The van der Waals surface area contributed by atoms with Gasteiger partial charge in [0.1, 0.15) is 22.6 Å². The minimum atomic E-state index is -0.673. The number of ether oxygens (including phenoxy) is 4. The third-order valence-corrected chi connectivity index (χ3v) is 6.02. The topological polar surface area (TPSA) is 127 Å². The monoisotopic (exact) mass is 557 g/mol. The van der Waals surface area contributed by atoms with Crippen molar-refractivity contribution >= 4 is 22.6 Å². The molecule has 0 bridgehead atoms. The first-order valence-corrected chi connectivity index (χ1v) is 12.2. The molecular formula is C29H24FN5O6. The number of pyridine rings is 2. The van der Waals surface area contributed by atoms with E-state index in [0.717, 1.165) is 4.68 Å². The molecule has 11 nitrogen and oxygen atoms in total. The van der Waals surface area contributed by atoms with Crippen LogP contribution in [0.15, 0.2) is 77.9 Å². The predicted molar refractivity (Wildman–Crippen MR) is 148 cm³/mol. The van der Waals surface area contributed by atoms with E-state index in [1.165, 1.54) is 51.8 Å². The quantitative estimate of drug-likeness (QED) is 0.278. The van der Waals surface area contributed by atoms with Gasteiger partial charge in [0.15, 0.2) is 11.5 Å². The van der Waals surface area contributed by atoms with Gasteiger partial charge in [0, 0.05) is 36.7 Å². The second-order valence-corrected chi connectivity index (χ2v) is 8.63. The maximum absolute atomic E-state index is 13.4. The van der Waals surface area contributed by atoms with Crippen LogP contribution in [0.2, 0.25) is 0 Å². The molecule has 0 saturated carbocycles. The number of carbonyl (C=O) groups is 1. The molecule has 3 heterocycles. The Bertz CT molecular complexity index is 1770. The van der Waals surface area contributed by atoms with Gasteiger partial charge in [-0.05, 0) is 48.5 Å². The highest BCUT2D eigenvalue weighted by Gasteiger charge is 2.20. The van der Waals surface area contributed by atoms with Crippen molar-refractivity contribution in [1.29, 1.82) is 0 Å². The first-order chi connectivity index (χ1) is 19.9. The SMILES string of the molecule is COCc1cnn(-c2ccc(F)cc2)c(=O)c1C(=O)Nc1ccc(Oc2ccnc3cc(OC)c(OC)nc23)cc1. The standard InChI is InChI=1S/C29H24FN5O6/c1-38-16-17-15-32-35(20-8-4-18(30)5-9-20)29(37)25(17)27(36)33-19-6-10-21(11-7-19)41-23-12-13-31-22-14-24(39-2)28(40-3)34-26(22)23/h4-15H,16H2,1-3H3,(H,33,36). The van der Waals surface area contributed by atoms with Gasteiger partial charge in [0.05, 0.1) is 38.2 Å². The number of hydrogen-bond acceptors (Lipinski definition) is 9. The molecule has 0 atom stereocenters. The molecule has 41 heavy (non-hydrogen) atoms. The van der Waals surface area contributed by atoms with E-state index in [0.29, 0.717) is 51.1 Å². The highest BCUT2D eigenvalue weighted by atomic mass is 19.1. The molecule has 2 aromatic carbocycles. The van der Waals surface area contributed by atoms with Crippen LogP contribution in [0.25, 0.3) is 16.7 Å². The smallest absolute Gasteiger partial charge is 0.284 e. The van der Waals surface area contributed by atoms with Crippen LogP contribution in [0, 0.1) is 5.82 Å². The van der Waals surface area contributed by atoms with Gasteiger partial charge in [-0.25, -0.2) is 9.37 Å². The summed E-state index contributed by atoms with van der Waals surface area (Å²) in [6.07, 6.45) is 2.96. The Balaban J connectivity index is 1.39. The van der Waals surface area contributed by atoms with Gasteiger partial charge in [-0.2, -0.15) is 9.78 Å². The van der Waals surface area contributed by atoms with Gasteiger partial charge in [-0.3, -0.25) is 14.6 Å². The number of amides is 1. The van der Waals surface area contributed by atoms with Crippen LogP contribution in [0.5, 0.6) is 23.1 Å². The number of nitrogens with one attached hydrogen (secondary N) is 1. The number of rotatable bonds is 9. The summed E-state index contributed by atoms with van der Waals surface area (Å²) < 4.78 is 36.2. The molecule has 5 aromatic rings. The third-order valence-electron chi connectivity index (χ3n) is 6.02. The molecule has 3 aromatic heterocycles. The Hall–Kier alpha value is -5.36. The van der Waals surface area contributed by atoms with Crippen molar-refractivity contribution in [1.82, 2.24) is 19.7 Å². The summed E-state index contributed by atoms with van der Waals surface area (Å²) in [6.45, 7) is -0.00733. The highest BCUT2D eigenvalue weighted by molar-refractivity contribution is 6.05. The van der Waals surface area contributed by atoms with Crippen molar-refractivity contribution in [2.45, 2.75) is 6.61 Å². The highest BCUT2D eigenvalue weighted by Crippen LogP contribution is 2.34. The zero-order valence-corrected chi connectivity index (χ0v) is 22.3. The summed E-state index contributed by atoms with van der Waals surface area (Å²) in [5.74, 6) is 0.524. The van der Waals surface area contributed by atoms with E-state index in [4.69, 9.17) is 18.9 Å². The Kier molecular flexibility index (Phi) is 7.83. The van der Waals surface area contributed by atoms with Gasteiger partial charge in [0.25, 0.3) is 17.3 Å². The average molecular weight is 558 g/mol. The minimum Gasteiger partial charge on any atom is -0.491 e. The van der Waals surface area contributed by atoms with Crippen molar-refractivity contribution in [2.24, 2.45) is 0 Å². The van der Waals surface area contributed by atoms with E-state index < -0.39 is 17.3 Å². The van der Waals surface area contributed by atoms with Crippen LogP contribution >= 0.6 is 0 Å². The van der Waals surface area contributed by atoms with Gasteiger partial charge in [-0.15, -0.1) is 0 Å². The van der Waals surface area contributed by atoms with E-state index in [-0.39, 0.29) is 12.2 Å². The summed E-state index contributed by atoms with van der Waals surface area (Å²) >= 11 is 0. The molecule has 0 aliphatic rings. The Labute approximate surface area is 233 Å². The Morgan fingerprint density at radius 2 is 1.73 bits per heavy atom. The number of methoxy groups -OCH3 is 3. The van der Waals surface area contributed by atoms with Crippen molar-refractivity contribution in [3.8, 4) is 28.8 Å². The van der Waals surface area contributed by atoms with E-state index in [2.05, 4.69) is 20.4 Å². The Morgan fingerprint density at radius 1 is 0.976 bits per heavy atom.